The number of hydrogen-bond donors (Lipinski definition) is 2. The number of carbonyl (C=O) groups is 1. The summed E-state index contributed by atoms with van der Waals surface area (Å²) in [5.41, 5.74) is 9.74. The summed E-state index contributed by atoms with van der Waals surface area (Å²) in [4.78, 5) is 11.4. The van der Waals surface area contributed by atoms with Gasteiger partial charge in [0.2, 0.25) is 5.91 Å². The Kier molecular flexibility index (Phi) is 5.80. The lowest BCUT2D eigenvalue weighted by Crippen LogP contribution is -2.19. The molecule has 0 heterocycles. The topological polar surface area (TPSA) is 64.3 Å². The van der Waals surface area contributed by atoms with Crippen molar-refractivity contribution < 1.29 is 9.53 Å². The van der Waals surface area contributed by atoms with Crippen molar-refractivity contribution in [1.82, 2.24) is 5.32 Å². The number of benzene rings is 2. The smallest absolute Gasteiger partial charge is 0.243 e. The lowest BCUT2D eigenvalue weighted by atomic mass is 10.1. The van der Waals surface area contributed by atoms with Crippen molar-refractivity contribution in [3.8, 4) is 5.75 Å². The van der Waals surface area contributed by atoms with Crippen LogP contribution >= 0.6 is 0 Å². The van der Waals surface area contributed by atoms with Gasteiger partial charge in [-0.25, -0.2) is 0 Å². The number of hydrogen-bond acceptors (Lipinski definition) is 3. The second-order valence-electron chi connectivity index (χ2n) is 5.30. The predicted octanol–water partition coefficient (Wildman–Crippen LogP) is 3.31. The van der Waals surface area contributed by atoms with Crippen LogP contribution in [0.2, 0.25) is 0 Å². The summed E-state index contributed by atoms with van der Waals surface area (Å²) in [5, 5.41) is 2.70. The van der Waals surface area contributed by atoms with Crippen LogP contribution in [0.1, 0.15) is 23.6 Å². The molecule has 0 atom stereocenters. The molecule has 0 bridgehead atoms. The van der Waals surface area contributed by atoms with Gasteiger partial charge < -0.3 is 15.8 Å². The minimum atomic E-state index is -0.120. The first kappa shape index (κ1) is 16.6. The molecule has 0 aromatic heterocycles. The normalized spacial score (nSPS) is 10.7. The molecule has 0 aliphatic rings. The summed E-state index contributed by atoms with van der Waals surface area (Å²) in [6, 6.07) is 13.7. The quantitative estimate of drug-likeness (QED) is 0.635. The van der Waals surface area contributed by atoms with E-state index in [4.69, 9.17) is 10.5 Å². The Labute approximate surface area is 137 Å². The zero-order valence-electron chi connectivity index (χ0n) is 13.5. The van der Waals surface area contributed by atoms with Gasteiger partial charge in [0.1, 0.15) is 12.4 Å². The predicted molar refractivity (Wildman–Crippen MR) is 94.1 cm³/mol. The molecule has 4 nitrogen and oxygen atoms in total. The molecule has 0 radical (unpaired) electrons. The Morgan fingerprint density at radius 3 is 2.61 bits per heavy atom. The van der Waals surface area contributed by atoms with Crippen molar-refractivity contribution >= 4 is 17.7 Å². The number of amides is 1. The number of likely N-dealkylation sites (N-methyl/N-ethyl adjacent to an activating group) is 1. The van der Waals surface area contributed by atoms with Gasteiger partial charge in [-0.05, 0) is 43.2 Å². The van der Waals surface area contributed by atoms with Crippen LogP contribution in [0.15, 0.2) is 48.5 Å². The van der Waals surface area contributed by atoms with Gasteiger partial charge in [0, 0.05) is 12.6 Å². The van der Waals surface area contributed by atoms with E-state index in [1.807, 2.05) is 31.2 Å². The number of nitrogens with one attached hydrogen (secondary N) is 1. The Hall–Kier alpha value is -2.75. The van der Waals surface area contributed by atoms with E-state index in [0.717, 1.165) is 11.1 Å². The second-order valence-corrected chi connectivity index (χ2v) is 5.30. The van der Waals surface area contributed by atoms with Crippen LogP contribution in [0.25, 0.3) is 6.08 Å². The Morgan fingerprint density at radius 1 is 1.22 bits per heavy atom. The lowest BCUT2D eigenvalue weighted by Gasteiger charge is -2.10. The Bertz CT molecular complexity index is 691. The van der Waals surface area contributed by atoms with Gasteiger partial charge in [0.05, 0.1) is 5.69 Å². The molecule has 0 aliphatic heterocycles. The maximum atomic E-state index is 11.4. The van der Waals surface area contributed by atoms with E-state index in [2.05, 4.69) is 24.4 Å². The minimum Gasteiger partial charge on any atom is -0.487 e. The van der Waals surface area contributed by atoms with Crippen molar-refractivity contribution in [2.24, 2.45) is 0 Å². The zero-order valence-corrected chi connectivity index (χ0v) is 13.5. The Morgan fingerprint density at radius 2 is 1.96 bits per heavy atom. The molecule has 23 heavy (non-hydrogen) atoms. The first-order valence-electron chi connectivity index (χ1n) is 7.62. The first-order chi connectivity index (χ1) is 11.1. The van der Waals surface area contributed by atoms with E-state index in [1.165, 1.54) is 11.6 Å². The number of anilines is 1. The number of nitrogens with two attached hydrogens (primary N) is 1. The number of aryl methyl sites for hydroxylation is 1. The molecule has 3 N–H and O–H groups in total. The molecule has 0 fully saturated rings. The van der Waals surface area contributed by atoms with Gasteiger partial charge in [-0.1, -0.05) is 35.9 Å². The SMILES string of the molecule is CCNC(=O)/C=C\c1ccc(OCc2ccc(C)cc2)c(N)c1. The fraction of sp³-hybridized carbons (Fsp3) is 0.211. The van der Waals surface area contributed by atoms with Gasteiger partial charge in [-0.3, -0.25) is 4.79 Å². The summed E-state index contributed by atoms with van der Waals surface area (Å²) < 4.78 is 5.75. The number of carbonyl (C=O) groups excluding carboxylic acids is 1. The summed E-state index contributed by atoms with van der Waals surface area (Å²) in [7, 11) is 0. The van der Waals surface area contributed by atoms with Crippen molar-refractivity contribution in [3.05, 3.63) is 65.2 Å². The molecule has 1 amide bonds. The molecule has 0 spiro atoms. The van der Waals surface area contributed by atoms with E-state index in [1.54, 1.807) is 12.1 Å². The standard InChI is InChI=1S/C19H22N2O2/c1-3-21-19(22)11-9-15-8-10-18(17(20)12-15)23-13-16-6-4-14(2)5-7-16/h4-12H,3,13,20H2,1-2H3,(H,21,22)/b11-9-. The molecule has 2 aromatic carbocycles. The molecule has 2 rings (SSSR count). The van der Waals surface area contributed by atoms with Gasteiger partial charge in [-0.2, -0.15) is 0 Å². The van der Waals surface area contributed by atoms with Gasteiger partial charge >= 0.3 is 0 Å². The maximum Gasteiger partial charge on any atom is 0.243 e. The van der Waals surface area contributed by atoms with Crippen LogP contribution < -0.4 is 15.8 Å². The summed E-state index contributed by atoms with van der Waals surface area (Å²) >= 11 is 0. The average molecular weight is 310 g/mol. The molecule has 0 saturated heterocycles. The highest BCUT2D eigenvalue weighted by Gasteiger charge is 2.02. The maximum absolute atomic E-state index is 11.4. The lowest BCUT2D eigenvalue weighted by molar-refractivity contribution is -0.116. The van der Waals surface area contributed by atoms with Crippen molar-refractivity contribution in [3.63, 3.8) is 0 Å². The highest BCUT2D eigenvalue weighted by molar-refractivity contribution is 5.91. The monoisotopic (exact) mass is 310 g/mol. The van der Waals surface area contributed by atoms with Gasteiger partial charge in [0.15, 0.2) is 0 Å². The molecular weight excluding hydrogens is 288 g/mol. The molecule has 0 aliphatic carbocycles. The van der Waals surface area contributed by atoms with Crippen molar-refractivity contribution in [2.75, 3.05) is 12.3 Å². The highest BCUT2D eigenvalue weighted by Crippen LogP contribution is 2.24. The molecule has 0 saturated carbocycles. The summed E-state index contributed by atoms with van der Waals surface area (Å²) in [6.07, 6.45) is 3.22. The van der Waals surface area contributed by atoms with E-state index < -0.39 is 0 Å². The molecule has 2 aromatic rings. The van der Waals surface area contributed by atoms with Crippen LogP contribution in [0.3, 0.4) is 0 Å². The van der Waals surface area contributed by atoms with Crippen molar-refractivity contribution in [1.29, 1.82) is 0 Å². The van der Waals surface area contributed by atoms with Crippen molar-refractivity contribution in [2.45, 2.75) is 20.5 Å². The number of ether oxygens (including phenoxy) is 1. The average Bonchev–Trinajstić information content (AvgIpc) is 2.54. The third kappa shape index (κ3) is 5.18. The summed E-state index contributed by atoms with van der Waals surface area (Å²) in [6.45, 7) is 5.01. The molecule has 120 valence electrons. The molecular formula is C19H22N2O2. The van der Waals surface area contributed by atoms with E-state index in [-0.39, 0.29) is 5.91 Å². The minimum absolute atomic E-state index is 0.120. The summed E-state index contributed by atoms with van der Waals surface area (Å²) in [5.74, 6) is 0.520. The van der Waals surface area contributed by atoms with Crippen LogP contribution in [0, 0.1) is 6.92 Å². The third-order valence-electron chi connectivity index (χ3n) is 3.33. The molecule has 0 unspecified atom stereocenters. The van der Waals surface area contributed by atoms with Crippen LogP contribution in [-0.4, -0.2) is 12.5 Å². The van der Waals surface area contributed by atoms with Crippen LogP contribution in [-0.2, 0) is 11.4 Å². The number of nitrogen functional groups attached to an aromatic ring is 1. The largest absolute Gasteiger partial charge is 0.487 e. The van der Waals surface area contributed by atoms with Gasteiger partial charge in [0.25, 0.3) is 0 Å². The Balaban J connectivity index is 1.99. The fourth-order valence-corrected chi connectivity index (χ4v) is 2.05. The second kappa shape index (κ2) is 8.03. The highest BCUT2D eigenvalue weighted by atomic mass is 16.5. The third-order valence-corrected chi connectivity index (χ3v) is 3.33. The fourth-order valence-electron chi connectivity index (χ4n) is 2.05. The van der Waals surface area contributed by atoms with E-state index in [0.29, 0.717) is 24.6 Å². The van der Waals surface area contributed by atoms with Crippen LogP contribution in [0.4, 0.5) is 5.69 Å². The molecule has 4 heteroatoms. The zero-order chi connectivity index (χ0) is 16.7. The number of rotatable bonds is 6. The van der Waals surface area contributed by atoms with Gasteiger partial charge in [-0.15, -0.1) is 0 Å². The van der Waals surface area contributed by atoms with Crippen LogP contribution in [0.5, 0.6) is 5.75 Å². The van der Waals surface area contributed by atoms with E-state index in [9.17, 15) is 4.79 Å². The first-order valence-corrected chi connectivity index (χ1v) is 7.62. The van der Waals surface area contributed by atoms with E-state index >= 15 is 0 Å².